The van der Waals surface area contributed by atoms with Gasteiger partial charge in [-0.3, -0.25) is 0 Å². The van der Waals surface area contributed by atoms with E-state index in [1.54, 1.807) is 24.3 Å². The smallest absolute Gasteiger partial charge is 0.119 e. The molecule has 1 aromatic carbocycles. The summed E-state index contributed by atoms with van der Waals surface area (Å²) in [6.07, 6.45) is 3.68. The summed E-state index contributed by atoms with van der Waals surface area (Å²) < 4.78 is 5.35. The van der Waals surface area contributed by atoms with E-state index in [4.69, 9.17) is 21.6 Å². The largest absolute Gasteiger partial charge is 0.490 e. The van der Waals surface area contributed by atoms with E-state index < -0.39 is 0 Å². The third-order valence-electron chi connectivity index (χ3n) is 1.59. The van der Waals surface area contributed by atoms with Crippen LogP contribution in [0.25, 0.3) is 0 Å². The normalized spacial score (nSPS) is 10.0. The number of alkyl halides is 1. The fourth-order valence-electron chi connectivity index (χ4n) is 0.901. The maximum absolute atomic E-state index is 8.56. The second kappa shape index (κ2) is 6.06. The molecule has 0 fully saturated rings. The second-order valence-electron chi connectivity index (χ2n) is 2.57. The molecule has 0 aliphatic rings. The van der Waals surface area contributed by atoms with Gasteiger partial charge in [0.25, 0.3) is 0 Å². The van der Waals surface area contributed by atoms with Crippen LogP contribution in [0.3, 0.4) is 0 Å². The topological polar surface area (TPSA) is 33.0 Å². The Hall–Kier alpha value is -1.46. The predicted molar refractivity (Wildman–Crippen MR) is 56.5 cm³/mol. The standard InChI is InChI=1S/C11H10ClNO/c12-7-1-2-8-14-11-5-3-10(9-13)4-6-11/h1-6H,7-8H2. The van der Waals surface area contributed by atoms with Crippen molar-refractivity contribution in [1.29, 1.82) is 5.26 Å². The monoisotopic (exact) mass is 207 g/mol. The van der Waals surface area contributed by atoms with Crippen molar-refractivity contribution in [3.63, 3.8) is 0 Å². The van der Waals surface area contributed by atoms with Gasteiger partial charge in [-0.1, -0.05) is 12.2 Å². The Morgan fingerprint density at radius 2 is 2.00 bits per heavy atom. The third kappa shape index (κ3) is 3.51. The van der Waals surface area contributed by atoms with Gasteiger partial charge in [-0.05, 0) is 24.3 Å². The zero-order valence-corrected chi connectivity index (χ0v) is 8.37. The molecule has 0 aliphatic heterocycles. The number of nitriles is 1. The van der Waals surface area contributed by atoms with Crippen molar-refractivity contribution >= 4 is 11.6 Å². The highest BCUT2D eigenvalue weighted by molar-refractivity contribution is 6.18. The number of nitrogens with zero attached hydrogens (tertiary/aromatic N) is 1. The third-order valence-corrected chi connectivity index (χ3v) is 1.76. The van der Waals surface area contributed by atoms with Gasteiger partial charge in [0.2, 0.25) is 0 Å². The molecule has 0 amide bonds. The maximum atomic E-state index is 8.56. The minimum atomic E-state index is 0.497. The summed E-state index contributed by atoms with van der Waals surface area (Å²) in [5, 5.41) is 8.56. The van der Waals surface area contributed by atoms with Crippen molar-refractivity contribution < 1.29 is 4.74 Å². The van der Waals surface area contributed by atoms with Gasteiger partial charge >= 0.3 is 0 Å². The fraction of sp³-hybridized carbons (Fsp3) is 0.182. The fourth-order valence-corrected chi connectivity index (χ4v) is 1.03. The van der Waals surface area contributed by atoms with Gasteiger partial charge in [-0.25, -0.2) is 0 Å². The number of halogens is 1. The molecule has 14 heavy (non-hydrogen) atoms. The first-order valence-electron chi connectivity index (χ1n) is 4.20. The van der Waals surface area contributed by atoms with Crippen LogP contribution in [0.5, 0.6) is 5.75 Å². The van der Waals surface area contributed by atoms with Crippen molar-refractivity contribution in [2.24, 2.45) is 0 Å². The molecular formula is C11H10ClNO. The van der Waals surface area contributed by atoms with Crippen LogP contribution in [0.1, 0.15) is 5.56 Å². The van der Waals surface area contributed by atoms with Crippen LogP contribution < -0.4 is 4.74 Å². The van der Waals surface area contributed by atoms with Crippen molar-refractivity contribution in [1.82, 2.24) is 0 Å². The van der Waals surface area contributed by atoms with Crippen LogP contribution in [0.15, 0.2) is 36.4 Å². The van der Waals surface area contributed by atoms with Crippen LogP contribution in [0, 0.1) is 11.3 Å². The van der Waals surface area contributed by atoms with Gasteiger partial charge in [0.05, 0.1) is 11.6 Å². The number of benzene rings is 1. The van der Waals surface area contributed by atoms with E-state index in [9.17, 15) is 0 Å². The Kier molecular flexibility index (Phi) is 4.60. The lowest BCUT2D eigenvalue weighted by molar-refractivity contribution is 0.363. The lowest BCUT2D eigenvalue weighted by Crippen LogP contribution is -1.93. The molecule has 1 rings (SSSR count). The molecule has 3 heteroatoms. The predicted octanol–water partition coefficient (Wildman–Crippen LogP) is 2.73. The summed E-state index contributed by atoms with van der Waals surface area (Å²) in [7, 11) is 0. The zero-order chi connectivity index (χ0) is 10.2. The molecule has 0 aliphatic carbocycles. The quantitative estimate of drug-likeness (QED) is 0.562. The van der Waals surface area contributed by atoms with Gasteiger partial charge < -0.3 is 4.74 Å². The maximum Gasteiger partial charge on any atom is 0.119 e. The second-order valence-corrected chi connectivity index (χ2v) is 2.88. The van der Waals surface area contributed by atoms with Gasteiger partial charge in [-0.15, -0.1) is 11.6 Å². The molecule has 0 spiro atoms. The van der Waals surface area contributed by atoms with E-state index in [2.05, 4.69) is 0 Å². The molecular weight excluding hydrogens is 198 g/mol. The van der Waals surface area contributed by atoms with Gasteiger partial charge in [-0.2, -0.15) is 5.26 Å². The number of ether oxygens (including phenoxy) is 1. The van der Waals surface area contributed by atoms with Crippen molar-refractivity contribution in [2.45, 2.75) is 0 Å². The molecule has 0 N–H and O–H groups in total. The van der Waals surface area contributed by atoms with Gasteiger partial charge in [0.15, 0.2) is 0 Å². The average molecular weight is 208 g/mol. The minimum Gasteiger partial charge on any atom is -0.490 e. The number of hydrogen-bond donors (Lipinski definition) is 0. The van der Waals surface area contributed by atoms with Crippen molar-refractivity contribution in [3.05, 3.63) is 42.0 Å². The number of rotatable bonds is 4. The molecule has 0 atom stereocenters. The minimum absolute atomic E-state index is 0.497. The summed E-state index contributed by atoms with van der Waals surface area (Å²) in [6.45, 7) is 0.499. The zero-order valence-electron chi connectivity index (χ0n) is 7.61. The van der Waals surface area contributed by atoms with Crippen molar-refractivity contribution in [3.8, 4) is 11.8 Å². The molecule has 72 valence electrons. The molecule has 0 radical (unpaired) electrons. The van der Waals surface area contributed by atoms with Crippen molar-refractivity contribution in [2.75, 3.05) is 12.5 Å². The molecule has 0 saturated heterocycles. The average Bonchev–Trinajstić information content (AvgIpc) is 2.25. The molecule has 0 bridgehead atoms. The molecule has 2 nitrogen and oxygen atoms in total. The SMILES string of the molecule is N#Cc1ccc(OCC=CCCl)cc1. The highest BCUT2D eigenvalue weighted by Gasteiger charge is 1.92. The molecule has 0 unspecified atom stereocenters. The van der Waals surface area contributed by atoms with E-state index in [0.717, 1.165) is 5.75 Å². The van der Waals surface area contributed by atoms with Crippen LogP contribution in [-0.2, 0) is 0 Å². The summed E-state index contributed by atoms with van der Waals surface area (Å²) in [6, 6.07) is 9.03. The van der Waals surface area contributed by atoms with Crippen LogP contribution in [0.2, 0.25) is 0 Å². The summed E-state index contributed by atoms with van der Waals surface area (Å²) in [4.78, 5) is 0. The first-order valence-corrected chi connectivity index (χ1v) is 4.74. The highest BCUT2D eigenvalue weighted by Crippen LogP contribution is 2.11. The van der Waals surface area contributed by atoms with Crippen LogP contribution in [-0.4, -0.2) is 12.5 Å². The Morgan fingerprint density at radius 3 is 2.57 bits per heavy atom. The Morgan fingerprint density at radius 1 is 1.29 bits per heavy atom. The van der Waals surface area contributed by atoms with E-state index >= 15 is 0 Å². The van der Waals surface area contributed by atoms with E-state index in [-0.39, 0.29) is 0 Å². The summed E-state index contributed by atoms with van der Waals surface area (Å²) in [5.74, 6) is 1.25. The summed E-state index contributed by atoms with van der Waals surface area (Å²) >= 11 is 5.44. The van der Waals surface area contributed by atoms with E-state index in [1.165, 1.54) is 0 Å². The van der Waals surface area contributed by atoms with Gasteiger partial charge in [0, 0.05) is 5.88 Å². The first-order chi connectivity index (χ1) is 6.86. The van der Waals surface area contributed by atoms with E-state index in [0.29, 0.717) is 18.1 Å². The Labute approximate surface area is 88.4 Å². The molecule has 0 heterocycles. The summed E-state index contributed by atoms with van der Waals surface area (Å²) in [5.41, 5.74) is 0.633. The van der Waals surface area contributed by atoms with Crippen LogP contribution in [0.4, 0.5) is 0 Å². The molecule has 1 aromatic rings. The Balaban J connectivity index is 2.45. The van der Waals surface area contributed by atoms with Gasteiger partial charge in [0.1, 0.15) is 12.4 Å². The van der Waals surface area contributed by atoms with Crippen LogP contribution >= 0.6 is 11.6 Å². The lowest BCUT2D eigenvalue weighted by atomic mass is 10.2. The number of allylic oxidation sites excluding steroid dienone is 1. The number of hydrogen-bond acceptors (Lipinski definition) is 2. The lowest BCUT2D eigenvalue weighted by Gasteiger charge is -2.01. The Bertz CT molecular complexity index is 337. The van der Waals surface area contributed by atoms with E-state index in [1.807, 2.05) is 18.2 Å². The first kappa shape index (κ1) is 10.6. The molecule has 0 saturated carbocycles. The highest BCUT2D eigenvalue weighted by atomic mass is 35.5. The molecule has 0 aromatic heterocycles.